The van der Waals surface area contributed by atoms with E-state index in [1.54, 1.807) is 4.90 Å². The molecule has 0 bridgehead atoms. The number of nitrogens with zero attached hydrogens (tertiary/aromatic N) is 1. The predicted octanol–water partition coefficient (Wildman–Crippen LogP) is 3.27. The number of amides is 1. The van der Waals surface area contributed by atoms with Gasteiger partial charge >= 0.3 is 6.09 Å². The van der Waals surface area contributed by atoms with Crippen LogP contribution in [0, 0.1) is 0 Å². The number of aliphatic hydroxyl groups is 1. The van der Waals surface area contributed by atoms with E-state index in [0.29, 0.717) is 13.0 Å². The molecule has 4 nitrogen and oxygen atoms in total. The van der Waals surface area contributed by atoms with Gasteiger partial charge in [-0.05, 0) is 18.1 Å². The number of aliphatic hydroxyl groups excluding tert-OH is 1. The van der Waals surface area contributed by atoms with E-state index in [4.69, 9.17) is 4.74 Å². The van der Waals surface area contributed by atoms with Crippen molar-refractivity contribution in [2.75, 3.05) is 11.4 Å². The van der Waals surface area contributed by atoms with E-state index in [1.807, 2.05) is 54.6 Å². The monoisotopic (exact) mass is 283 g/mol. The van der Waals surface area contributed by atoms with E-state index in [9.17, 15) is 9.90 Å². The number of para-hydroxylation sites is 1. The van der Waals surface area contributed by atoms with Gasteiger partial charge in [0.25, 0.3) is 0 Å². The van der Waals surface area contributed by atoms with Crippen LogP contribution in [-0.2, 0) is 11.3 Å². The fourth-order valence-corrected chi connectivity index (χ4v) is 2.53. The van der Waals surface area contributed by atoms with Gasteiger partial charge in [-0.3, -0.25) is 4.90 Å². The average molecular weight is 283 g/mol. The summed E-state index contributed by atoms with van der Waals surface area (Å²) in [5.41, 5.74) is 2.46. The fourth-order valence-electron chi connectivity index (χ4n) is 2.53. The summed E-state index contributed by atoms with van der Waals surface area (Å²) in [6, 6.07) is 17.0. The van der Waals surface area contributed by atoms with E-state index in [-0.39, 0.29) is 12.7 Å². The van der Waals surface area contributed by atoms with Gasteiger partial charge in [-0.2, -0.15) is 0 Å². The first-order valence-corrected chi connectivity index (χ1v) is 7.01. The second kappa shape index (κ2) is 5.97. The Labute approximate surface area is 123 Å². The van der Waals surface area contributed by atoms with Gasteiger partial charge in [0, 0.05) is 12.1 Å². The van der Waals surface area contributed by atoms with Crippen LogP contribution in [0.15, 0.2) is 54.6 Å². The minimum atomic E-state index is -0.514. The number of fused-ring (bicyclic) bond motifs is 1. The zero-order chi connectivity index (χ0) is 14.7. The van der Waals surface area contributed by atoms with E-state index in [2.05, 4.69) is 0 Å². The Kier molecular flexibility index (Phi) is 3.88. The van der Waals surface area contributed by atoms with Crippen LogP contribution < -0.4 is 4.90 Å². The summed E-state index contributed by atoms with van der Waals surface area (Å²) in [7, 11) is 0. The minimum absolute atomic E-state index is 0.251. The number of ether oxygens (including phenoxy) is 1. The van der Waals surface area contributed by atoms with Crippen LogP contribution in [0.3, 0.4) is 0 Å². The van der Waals surface area contributed by atoms with E-state index >= 15 is 0 Å². The Morgan fingerprint density at radius 3 is 2.67 bits per heavy atom. The number of hydrogen-bond donors (Lipinski definition) is 1. The minimum Gasteiger partial charge on any atom is -0.444 e. The number of carbonyl (C=O) groups excluding carboxylic acids is 1. The highest BCUT2D eigenvalue weighted by Gasteiger charge is 2.28. The smallest absolute Gasteiger partial charge is 0.414 e. The van der Waals surface area contributed by atoms with Gasteiger partial charge in [-0.25, -0.2) is 4.79 Å². The van der Waals surface area contributed by atoms with Crippen LogP contribution in [0.5, 0.6) is 0 Å². The Bertz CT molecular complexity index is 627. The van der Waals surface area contributed by atoms with E-state index in [1.165, 1.54) is 0 Å². The summed E-state index contributed by atoms with van der Waals surface area (Å²) >= 11 is 0. The molecule has 1 amide bonds. The number of rotatable bonds is 2. The average Bonchev–Trinajstić information content (AvgIpc) is 2.54. The summed E-state index contributed by atoms with van der Waals surface area (Å²) in [6.07, 6.45) is -0.366. The lowest BCUT2D eigenvalue weighted by atomic mass is 9.99. The maximum atomic E-state index is 12.3. The molecule has 1 N–H and O–H groups in total. The molecule has 1 atom stereocenters. The van der Waals surface area contributed by atoms with Gasteiger partial charge < -0.3 is 9.84 Å². The summed E-state index contributed by atoms with van der Waals surface area (Å²) in [5.74, 6) is 0. The van der Waals surface area contributed by atoms with Crippen molar-refractivity contribution in [2.24, 2.45) is 0 Å². The topological polar surface area (TPSA) is 49.8 Å². The largest absolute Gasteiger partial charge is 0.444 e. The Morgan fingerprint density at radius 1 is 1.14 bits per heavy atom. The molecule has 0 aromatic heterocycles. The number of benzene rings is 2. The summed E-state index contributed by atoms with van der Waals surface area (Å²) < 4.78 is 5.37. The van der Waals surface area contributed by atoms with Crippen molar-refractivity contribution in [1.82, 2.24) is 0 Å². The maximum absolute atomic E-state index is 12.3. The standard InChI is InChI=1S/C17H17NO3/c19-16-10-11-18(15-9-5-4-8-14(15)16)17(20)21-12-13-6-2-1-3-7-13/h1-9,16,19H,10-12H2/t16-/m0/s1. The normalized spacial score (nSPS) is 17.2. The molecule has 2 aromatic carbocycles. The summed E-state index contributed by atoms with van der Waals surface area (Å²) in [6.45, 7) is 0.715. The highest BCUT2D eigenvalue weighted by Crippen LogP contribution is 2.33. The van der Waals surface area contributed by atoms with Gasteiger partial charge in [0.1, 0.15) is 6.61 Å². The quantitative estimate of drug-likeness (QED) is 0.920. The van der Waals surface area contributed by atoms with Crippen LogP contribution in [-0.4, -0.2) is 17.7 Å². The molecule has 0 spiro atoms. The SMILES string of the molecule is O=C(OCc1ccccc1)N1CC[C@H](O)c2ccccc21. The first kappa shape index (κ1) is 13.6. The van der Waals surface area contributed by atoms with Crippen molar-refractivity contribution in [3.8, 4) is 0 Å². The van der Waals surface area contributed by atoms with Crippen molar-refractivity contribution in [3.05, 3.63) is 65.7 Å². The highest BCUT2D eigenvalue weighted by atomic mass is 16.6. The van der Waals surface area contributed by atoms with E-state index in [0.717, 1.165) is 16.8 Å². The van der Waals surface area contributed by atoms with Gasteiger partial charge in [-0.1, -0.05) is 48.5 Å². The van der Waals surface area contributed by atoms with E-state index < -0.39 is 6.10 Å². The molecule has 2 aromatic rings. The molecule has 4 heteroatoms. The molecule has 0 saturated carbocycles. The maximum Gasteiger partial charge on any atom is 0.414 e. The van der Waals surface area contributed by atoms with Crippen molar-refractivity contribution in [3.63, 3.8) is 0 Å². The zero-order valence-electron chi connectivity index (χ0n) is 11.6. The predicted molar refractivity (Wildman–Crippen MR) is 80.0 cm³/mol. The zero-order valence-corrected chi connectivity index (χ0v) is 11.6. The third-order valence-electron chi connectivity index (χ3n) is 3.64. The fraction of sp³-hybridized carbons (Fsp3) is 0.235. The first-order chi connectivity index (χ1) is 10.3. The summed E-state index contributed by atoms with van der Waals surface area (Å²) in [5, 5.41) is 9.99. The molecule has 0 saturated heterocycles. The number of carbonyl (C=O) groups is 1. The molecule has 1 aliphatic rings. The first-order valence-electron chi connectivity index (χ1n) is 7.01. The molecule has 0 aliphatic carbocycles. The third kappa shape index (κ3) is 2.90. The molecule has 0 fully saturated rings. The van der Waals surface area contributed by atoms with Crippen LogP contribution in [0.4, 0.5) is 10.5 Å². The molecule has 1 aliphatic heterocycles. The van der Waals surface area contributed by atoms with Crippen molar-refractivity contribution in [2.45, 2.75) is 19.1 Å². The Balaban J connectivity index is 1.72. The van der Waals surface area contributed by atoms with Crippen molar-refractivity contribution in [1.29, 1.82) is 0 Å². The molecule has 21 heavy (non-hydrogen) atoms. The lowest BCUT2D eigenvalue weighted by Gasteiger charge is -2.31. The lowest BCUT2D eigenvalue weighted by molar-refractivity contribution is 0.137. The summed E-state index contributed by atoms with van der Waals surface area (Å²) in [4.78, 5) is 13.9. The van der Waals surface area contributed by atoms with Gasteiger partial charge in [0.15, 0.2) is 0 Å². The van der Waals surface area contributed by atoms with Gasteiger partial charge in [0.05, 0.1) is 11.8 Å². The lowest BCUT2D eigenvalue weighted by Crippen LogP contribution is -2.37. The number of hydrogen-bond acceptors (Lipinski definition) is 3. The molecule has 1 heterocycles. The third-order valence-corrected chi connectivity index (χ3v) is 3.64. The van der Waals surface area contributed by atoms with Crippen LogP contribution >= 0.6 is 0 Å². The molecule has 3 rings (SSSR count). The molecule has 108 valence electrons. The Morgan fingerprint density at radius 2 is 1.86 bits per heavy atom. The van der Waals surface area contributed by atoms with Crippen molar-refractivity contribution < 1.29 is 14.6 Å². The highest BCUT2D eigenvalue weighted by molar-refractivity contribution is 5.89. The molecule has 0 radical (unpaired) electrons. The van der Waals surface area contributed by atoms with Crippen LogP contribution in [0.2, 0.25) is 0 Å². The van der Waals surface area contributed by atoms with Crippen molar-refractivity contribution >= 4 is 11.8 Å². The number of anilines is 1. The van der Waals surface area contributed by atoms with Crippen LogP contribution in [0.1, 0.15) is 23.7 Å². The molecular weight excluding hydrogens is 266 g/mol. The van der Waals surface area contributed by atoms with Gasteiger partial charge in [-0.15, -0.1) is 0 Å². The molecule has 0 unspecified atom stereocenters. The molecular formula is C17H17NO3. The van der Waals surface area contributed by atoms with Crippen LogP contribution in [0.25, 0.3) is 0 Å². The second-order valence-corrected chi connectivity index (χ2v) is 5.06. The Hall–Kier alpha value is -2.33. The van der Waals surface area contributed by atoms with Gasteiger partial charge in [0.2, 0.25) is 0 Å². The second-order valence-electron chi connectivity index (χ2n) is 5.06.